The zero-order chi connectivity index (χ0) is 15.1. The van der Waals surface area contributed by atoms with Gasteiger partial charge in [-0.2, -0.15) is 0 Å². The Labute approximate surface area is 126 Å². The Bertz CT molecular complexity index is 459. The zero-order valence-corrected chi connectivity index (χ0v) is 12.9. The first-order chi connectivity index (χ1) is 10.2. The van der Waals surface area contributed by atoms with Gasteiger partial charge in [0.05, 0.1) is 12.6 Å². The highest BCUT2D eigenvalue weighted by molar-refractivity contribution is 5.81. The summed E-state index contributed by atoms with van der Waals surface area (Å²) in [5, 5.41) is 6.35. The van der Waals surface area contributed by atoms with Gasteiger partial charge in [-0.25, -0.2) is 4.98 Å². The molecule has 1 aliphatic rings. The van der Waals surface area contributed by atoms with E-state index in [9.17, 15) is 4.79 Å². The number of carbonyl (C=O) groups excluding carboxylic acids is 1. The number of hydrogen-bond donors (Lipinski definition) is 2. The van der Waals surface area contributed by atoms with Crippen LogP contribution in [-0.4, -0.2) is 29.6 Å². The maximum Gasteiger partial charge on any atom is 0.237 e. The van der Waals surface area contributed by atoms with E-state index in [0.29, 0.717) is 25.1 Å². The third kappa shape index (κ3) is 4.70. The SMILES string of the molecule is CCOc1ncccc1CNC(C)C(=O)NC1CCCC1. The van der Waals surface area contributed by atoms with Gasteiger partial charge < -0.3 is 15.4 Å². The van der Waals surface area contributed by atoms with Crippen molar-refractivity contribution in [2.45, 2.75) is 58.2 Å². The largest absolute Gasteiger partial charge is 0.478 e. The predicted octanol–water partition coefficient (Wildman–Crippen LogP) is 2.02. The first-order valence-corrected chi connectivity index (χ1v) is 7.81. The fourth-order valence-corrected chi connectivity index (χ4v) is 2.58. The maximum absolute atomic E-state index is 12.1. The van der Waals surface area contributed by atoms with E-state index in [4.69, 9.17) is 4.74 Å². The average Bonchev–Trinajstić information content (AvgIpc) is 2.99. The Morgan fingerprint density at radius 1 is 1.48 bits per heavy atom. The van der Waals surface area contributed by atoms with Crippen molar-refractivity contribution < 1.29 is 9.53 Å². The molecule has 1 aromatic heterocycles. The molecule has 1 saturated carbocycles. The molecule has 2 rings (SSSR count). The van der Waals surface area contributed by atoms with Crippen molar-refractivity contribution >= 4 is 5.91 Å². The predicted molar refractivity (Wildman–Crippen MR) is 82.1 cm³/mol. The number of carbonyl (C=O) groups is 1. The summed E-state index contributed by atoms with van der Waals surface area (Å²) in [5.74, 6) is 0.708. The minimum atomic E-state index is -0.222. The van der Waals surface area contributed by atoms with Crippen molar-refractivity contribution in [2.75, 3.05) is 6.61 Å². The molecular formula is C16H25N3O2. The van der Waals surface area contributed by atoms with E-state index in [1.165, 1.54) is 12.8 Å². The van der Waals surface area contributed by atoms with Crippen LogP contribution in [0.4, 0.5) is 0 Å². The van der Waals surface area contributed by atoms with E-state index in [1.54, 1.807) is 6.20 Å². The first kappa shape index (κ1) is 15.8. The molecule has 5 heteroatoms. The van der Waals surface area contributed by atoms with Crippen LogP contribution in [-0.2, 0) is 11.3 Å². The summed E-state index contributed by atoms with van der Waals surface area (Å²) in [6, 6.07) is 3.98. The maximum atomic E-state index is 12.1. The van der Waals surface area contributed by atoms with Gasteiger partial charge in [0.2, 0.25) is 11.8 Å². The van der Waals surface area contributed by atoms with Gasteiger partial charge in [0, 0.05) is 24.3 Å². The van der Waals surface area contributed by atoms with Crippen LogP contribution < -0.4 is 15.4 Å². The van der Waals surface area contributed by atoms with E-state index in [0.717, 1.165) is 18.4 Å². The molecular weight excluding hydrogens is 266 g/mol. The minimum Gasteiger partial charge on any atom is -0.478 e. The summed E-state index contributed by atoms with van der Waals surface area (Å²) >= 11 is 0. The van der Waals surface area contributed by atoms with Crippen molar-refractivity contribution in [3.8, 4) is 5.88 Å². The normalized spacial score (nSPS) is 16.7. The van der Waals surface area contributed by atoms with Crippen molar-refractivity contribution in [3.63, 3.8) is 0 Å². The second kappa shape index (κ2) is 7.98. The highest BCUT2D eigenvalue weighted by atomic mass is 16.5. The van der Waals surface area contributed by atoms with E-state index in [1.807, 2.05) is 26.0 Å². The molecule has 0 bridgehead atoms. The van der Waals surface area contributed by atoms with Crippen LogP contribution in [0.25, 0.3) is 0 Å². The molecule has 1 aliphatic carbocycles. The summed E-state index contributed by atoms with van der Waals surface area (Å²) in [6.45, 7) is 4.98. The molecule has 2 N–H and O–H groups in total. The van der Waals surface area contributed by atoms with Crippen molar-refractivity contribution in [2.24, 2.45) is 0 Å². The lowest BCUT2D eigenvalue weighted by atomic mass is 10.2. The molecule has 21 heavy (non-hydrogen) atoms. The first-order valence-electron chi connectivity index (χ1n) is 7.81. The van der Waals surface area contributed by atoms with Crippen LogP contribution >= 0.6 is 0 Å². The molecule has 116 valence electrons. The standard InChI is InChI=1S/C16H25N3O2/c1-3-21-16-13(7-6-10-17-16)11-18-12(2)15(20)19-14-8-4-5-9-14/h6-7,10,12,14,18H,3-5,8-9,11H2,1-2H3,(H,19,20). The molecule has 1 heterocycles. The van der Waals surface area contributed by atoms with Crippen LogP contribution in [0.2, 0.25) is 0 Å². The molecule has 0 spiro atoms. The van der Waals surface area contributed by atoms with E-state index >= 15 is 0 Å². The van der Waals surface area contributed by atoms with Gasteiger partial charge in [-0.1, -0.05) is 18.9 Å². The quantitative estimate of drug-likeness (QED) is 0.807. The van der Waals surface area contributed by atoms with Gasteiger partial charge in [-0.3, -0.25) is 4.79 Å². The highest BCUT2D eigenvalue weighted by Gasteiger charge is 2.20. The third-order valence-corrected chi connectivity index (χ3v) is 3.82. The van der Waals surface area contributed by atoms with E-state index in [-0.39, 0.29) is 11.9 Å². The van der Waals surface area contributed by atoms with Crippen molar-refractivity contribution in [3.05, 3.63) is 23.9 Å². The van der Waals surface area contributed by atoms with Crippen LogP contribution in [0.15, 0.2) is 18.3 Å². The summed E-state index contributed by atoms with van der Waals surface area (Å²) in [6.07, 6.45) is 6.37. The third-order valence-electron chi connectivity index (χ3n) is 3.82. The zero-order valence-electron chi connectivity index (χ0n) is 12.9. The number of nitrogens with zero attached hydrogens (tertiary/aromatic N) is 1. The summed E-state index contributed by atoms with van der Waals surface area (Å²) in [4.78, 5) is 16.3. The topological polar surface area (TPSA) is 63.2 Å². The second-order valence-corrected chi connectivity index (χ2v) is 5.49. The molecule has 0 radical (unpaired) electrons. The second-order valence-electron chi connectivity index (χ2n) is 5.49. The van der Waals surface area contributed by atoms with Crippen molar-refractivity contribution in [1.82, 2.24) is 15.6 Å². The molecule has 0 saturated heterocycles. The lowest BCUT2D eigenvalue weighted by molar-refractivity contribution is -0.123. The molecule has 1 unspecified atom stereocenters. The fraction of sp³-hybridized carbons (Fsp3) is 0.625. The number of pyridine rings is 1. The summed E-state index contributed by atoms with van der Waals surface area (Å²) in [7, 11) is 0. The van der Waals surface area contributed by atoms with Crippen LogP contribution in [0.3, 0.4) is 0 Å². The number of nitrogens with one attached hydrogen (secondary N) is 2. The highest BCUT2D eigenvalue weighted by Crippen LogP contribution is 2.18. The average molecular weight is 291 g/mol. The van der Waals surface area contributed by atoms with Crippen molar-refractivity contribution in [1.29, 1.82) is 0 Å². The summed E-state index contributed by atoms with van der Waals surface area (Å²) < 4.78 is 5.49. The van der Waals surface area contributed by atoms with E-state index < -0.39 is 0 Å². The monoisotopic (exact) mass is 291 g/mol. The smallest absolute Gasteiger partial charge is 0.237 e. The van der Waals surface area contributed by atoms with Crippen LogP contribution in [0, 0.1) is 0 Å². The lowest BCUT2D eigenvalue weighted by Gasteiger charge is -2.18. The summed E-state index contributed by atoms with van der Waals surface area (Å²) in [5.41, 5.74) is 0.972. The Kier molecular flexibility index (Phi) is 5.99. The van der Waals surface area contributed by atoms with Gasteiger partial charge in [-0.05, 0) is 32.8 Å². The van der Waals surface area contributed by atoms with Gasteiger partial charge in [-0.15, -0.1) is 0 Å². The van der Waals surface area contributed by atoms with Gasteiger partial charge >= 0.3 is 0 Å². The number of aromatic nitrogens is 1. The Morgan fingerprint density at radius 3 is 2.95 bits per heavy atom. The van der Waals surface area contributed by atoms with Gasteiger partial charge in [0.1, 0.15) is 0 Å². The van der Waals surface area contributed by atoms with E-state index in [2.05, 4.69) is 15.6 Å². The lowest BCUT2D eigenvalue weighted by Crippen LogP contribution is -2.45. The Morgan fingerprint density at radius 2 is 2.24 bits per heavy atom. The fourth-order valence-electron chi connectivity index (χ4n) is 2.58. The number of hydrogen-bond acceptors (Lipinski definition) is 4. The van der Waals surface area contributed by atoms with Crippen LogP contribution in [0.1, 0.15) is 45.1 Å². The van der Waals surface area contributed by atoms with Gasteiger partial charge in [0.25, 0.3) is 0 Å². The molecule has 0 aliphatic heterocycles. The van der Waals surface area contributed by atoms with Gasteiger partial charge in [0.15, 0.2) is 0 Å². The number of rotatable bonds is 7. The van der Waals surface area contributed by atoms with Crippen LogP contribution in [0.5, 0.6) is 5.88 Å². The molecule has 5 nitrogen and oxygen atoms in total. The molecule has 1 aromatic rings. The molecule has 1 fully saturated rings. The minimum absolute atomic E-state index is 0.0729. The molecule has 0 aromatic carbocycles. The number of ether oxygens (including phenoxy) is 1. The Balaban J connectivity index is 1.82. The Hall–Kier alpha value is -1.62. The molecule has 1 amide bonds. The molecule has 1 atom stereocenters. The number of amides is 1.